The Bertz CT molecular complexity index is 407. The van der Waals surface area contributed by atoms with Crippen molar-refractivity contribution >= 4 is 0 Å². The van der Waals surface area contributed by atoms with E-state index in [1.807, 2.05) is 12.1 Å². The van der Waals surface area contributed by atoms with E-state index in [-0.39, 0.29) is 5.41 Å². The predicted molar refractivity (Wildman–Crippen MR) is 59.6 cm³/mol. The first-order chi connectivity index (χ1) is 7.73. The highest BCUT2D eigenvalue weighted by atomic mass is 16.5. The highest BCUT2D eigenvalue weighted by Gasteiger charge is 2.32. The molecule has 1 aromatic heterocycles. The van der Waals surface area contributed by atoms with Gasteiger partial charge in [-0.15, -0.1) is 0 Å². The third-order valence-electron chi connectivity index (χ3n) is 2.77. The standard InChI is InChI=1S/C12H15N3O/c1-12(8-16-9-12)7-14-6-10-3-2-4-15-11(10)5-13/h2-4,14H,6-9H2,1H3. The molecule has 1 aliphatic rings. The lowest BCUT2D eigenvalue weighted by Gasteiger charge is -2.38. The summed E-state index contributed by atoms with van der Waals surface area (Å²) < 4.78 is 5.18. The summed E-state index contributed by atoms with van der Waals surface area (Å²) in [5.74, 6) is 0. The Kier molecular flexibility index (Phi) is 3.18. The summed E-state index contributed by atoms with van der Waals surface area (Å²) in [5.41, 5.74) is 1.72. The topological polar surface area (TPSA) is 57.9 Å². The molecule has 0 amide bonds. The molecule has 1 fully saturated rings. The van der Waals surface area contributed by atoms with Crippen LogP contribution in [0.1, 0.15) is 18.2 Å². The van der Waals surface area contributed by atoms with Crippen LogP contribution < -0.4 is 5.32 Å². The van der Waals surface area contributed by atoms with Crippen molar-refractivity contribution in [2.45, 2.75) is 13.5 Å². The molecule has 84 valence electrons. The molecule has 4 heteroatoms. The number of aromatic nitrogens is 1. The van der Waals surface area contributed by atoms with Gasteiger partial charge in [0.05, 0.1) is 13.2 Å². The van der Waals surface area contributed by atoms with Gasteiger partial charge in [-0.1, -0.05) is 13.0 Å². The summed E-state index contributed by atoms with van der Waals surface area (Å²) in [4.78, 5) is 4.02. The van der Waals surface area contributed by atoms with E-state index in [4.69, 9.17) is 10.00 Å². The third-order valence-corrected chi connectivity index (χ3v) is 2.77. The van der Waals surface area contributed by atoms with Gasteiger partial charge in [0.15, 0.2) is 0 Å². The van der Waals surface area contributed by atoms with E-state index < -0.39 is 0 Å². The quantitative estimate of drug-likeness (QED) is 0.820. The van der Waals surface area contributed by atoms with Crippen LogP contribution >= 0.6 is 0 Å². The molecule has 1 aliphatic heterocycles. The van der Waals surface area contributed by atoms with Gasteiger partial charge in [-0.2, -0.15) is 5.26 Å². The molecule has 2 heterocycles. The fourth-order valence-electron chi connectivity index (χ4n) is 1.73. The molecular formula is C12H15N3O. The van der Waals surface area contributed by atoms with E-state index >= 15 is 0 Å². The number of rotatable bonds is 4. The minimum Gasteiger partial charge on any atom is -0.380 e. The lowest BCUT2D eigenvalue weighted by atomic mass is 9.89. The molecule has 0 spiro atoms. The predicted octanol–water partition coefficient (Wildman–Crippen LogP) is 1.08. The Labute approximate surface area is 95.3 Å². The first kappa shape index (κ1) is 11.1. The molecule has 2 rings (SSSR count). The van der Waals surface area contributed by atoms with Crippen LogP contribution in [0.15, 0.2) is 18.3 Å². The van der Waals surface area contributed by atoms with Crippen LogP contribution in [-0.4, -0.2) is 24.7 Å². The maximum atomic E-state index is 8.87. The first-order valence-corrected chi connectivity index (χ1v) is 5.36. The summed E-state index contributed by atoms with van der Waals surface area (Å²) in [6.45, 7) is 5.42. The van der Waals surface area contributed by atoms with E-state index in [1.165, 1.54) is 0 Å². The zero-order valence-corrected chi connectivity index (χ0v) is 9.36. The summed E-state index contributed by atoms with van der Waals surface area (Å²) in [5, 5.41) is 12.2. The first-order valence-electron chi connectivity index (χ1n) is 5.36. The normalized spacial score (nSPS) is 17.5. The monoisotopic (exact) mass is 217 g/mol. The van der Waals surface area contributed by atoms with Crippen molar-refractivity contribution in [1.29, 1.82) is 5.26 Å². The zero-order valence-electron chi connectivity index (χ0n) is 9.36. The van der Waals surface area contributed by atoms with Crippen molar-refractivity contribution < 1.29 is 4.74 Å². The minimum atomic E-state index is 0.259. The van der Waals surface area contributed by atoms with Gasteiger partial charge in [0.1, 0.15) is 11.8 Å². The molecule has 0 aromatic carbocycles. The van der Waals surface area contributed by atoms with Gasteiger partial charge in [0.2, 0.25) is 0 Å². The Morgan fingerprint density at radius 3 is 3.06 bits per heavy atom. The number of hydrogen-bond donors (Lipinski definition) is 1. The summed E-state index contributed by atoms with van der Waals surface area (Å²) in [7, 11) is 0. The highest BCUT2D eigenvalue weighted by molar-refractivity contribution is 5.30. The molecule has 1 saturated heterocycles. The van der Waals surface area contributed by atoms with Crippen molar-refractivity contribution in [2.24, 2.45) is 5.41 Å². The largest absolute Gasteiger partial charge is 0.380 e. The SMILES string of the molecule is CC1(CNCc2cccnc2C#N)COC1. The minimum absolute atomic E-state index is 0.259. The number of hydrogen-bond acceptors (Lipinski definition) is 4. The molecule has 0 atom stereocenters. The fraction of sp³-hybridized carbons (Fsp3) is 0.500. The second kappa shape index (κ2) is 4.60. The molecule has 1 N–H and O–H groups in total. The number of pyridine rings is 1. The molecule has 4 nitrogen and oxygen atoms in total. The molecule has 0 saturated carbocycles. The van der Waals surface area contributed by atoms with Crippen LogP contribution in [0, 0.1) is 16.7 Å². The van der Waals surface area contributed by atoms with Crippen LogP contribution in [-0.2, 0) is 11.3 Å². The average molecular weight is 217 g/mol. The second-order valence-corrected chi connectivity index (χ2v) is 4.53. The Balaban J connectivity index is 1.87. The summed E-state index contributed by atoms with van der Waals surface area (Å²) in [6, 6.07) is 5.88. The van der Waals surface area contributed by atoms with Crippen LogP contribution in [0.3, 0.4) is 0 Å². The Hall–Kier alpha value is -1.44. The van der Waals surface area contributed by atoms with Gasteiger partial charge >= 0.3 is 0 Å². The summed E-state index contributed by atoms with van der Waals surface area (Å²) >= 11 is 0. The van der Waals surface area contributed by atoms with Gasteiger partial charge in [-0.3, -0.25) is 0 Å². The van der Waals surface area contributed by atoms with Gasteiger partial charge in [0, 0.05) is 30.3 Å². The Morgan fingerprint density at radius 1 is 1.62 bits per heavy atom. The molecule has 0 unspecified atom stereocenters. The van der Waals surface area contributed by atoms with Crippen LogP contribution in [0.2, 0.25) is 0 Å². The van der Waals surface area contributed by atoms with Gasteiger partial charge in [-0.05, 0) is 6.07 Å². The molecular weight excluding hydrogens is 202 g/mol. The van der Waals surface area contributed by atoms with E-state index in [1.54, 1.807) is 6.20 Å². The fourth-order valence-corrected chi connectivity index (χ4v) is 1.73. The lowest BCUT2D eigenvalue weighted by Crippen LogP contribution is -2.47. The molecule has 0 bridgehead atoms. The van der Waals surface area contributed by atoms with E-state index in [2.05, 4.69) is 23.3 Å². The Morgan fingerprint density at radius 2 is 2.44 bits per heavy atom. The number of nitriles is 1. The third kappa shape index (κ3) is 2.38. The van der Waals surface area contributed by atoms with Gasteiger partial charge in [-0.25, -0.2) is 4.98 Å². The van der Waals surface area contributed by atoms with Gasteiger partial charge in [0.25, 0.3) is 0 Å². The molecule has 16 heavy (non-hydrogen) atoms. The van der Waals surface area contributed by atoms with E-state index in [0.717, 1.165) is 25.3 Å². The van der Waals surface area contributed by atoms with E-state index in [9.17, 15) is 0 Å². The highest BCUT2D eigenvalue weighted by Crippen LogP contribution is 2.25. The summed E-state index contributed by atoms with van der Waals surface area (Å²) in [6.07, 6.45) is 1.64. The van der Waals surface area contributed by atoms with Crippen molar-refractivity contribution in [1.82, 2.24) is 10.3 Å². The maximum absolute atomic E-state index is 8.87. The van der Waals surface area contributed by atoms with Gasteiger partial charge < -0.3 is 10.1 Å². The average Bonchev–Trinajstić information content (AvgIpc) is 2.27. The van der Waals surface area contributed by atoms with Crippen molar-refractivity contribution in [3.8, 4) is 6.07 Å². The van der Waals surface area contributed by atoms with E-state index in [0.29, 0.717) is 12.2 Å². The smallest absolute Gasteiger partial charge is 0.144 e. The van der Waals surface area contributed by atoms with Crippen molar-refractivity contribution in [3.63, 3.8) is 0 Å². The van der Waals surface area contributed by atoms with Crippen molar-refractivity contribution in [2.75, 3.05) is 19.8 Å². The molecule has 0 radical (unpaired) electrons. The van der Waals surface area contributed by atoms with Crippen LogP contribution in [0.25, 0.3) is 0 Å². The van der Waals surface area contributed by atoms with Crippen LogP contribution in [0.5, 0.6) is 0 Å². The number of ether oxygens (including phenoxy) is 1. The number of nitrogens with one attached hydrogen (secondary N) is 1. The van der Waals surface area contributed by atoms with Crippen LogP contribution in [0.4, 0.5) is 0 Å². The lowest BCUT2D eigenvalue weighted by molar-refractivity contribution is -0.0991. The second-order valence-electron chi connectivity index (χ2n) is 4.53. The molecule has 0 aliphatic carbocycles. The molecule has 1 aromatic rings. The maximum Gasteiger partial charge on any atom is 0.144 e. The zero-order chi connectivity index (χ0) is 11.4. The number of nitrogens with zero attached hydrogens (tertiary/aromatic N) is 2. The van der Waals surface area contributed by atoms with Crippen molar-refractivity contribution in [3.05, 3.63) is 29.6 Å².